The first kappa shape index (κ1) is 18.7. The molecule has 0 aromatic heterocycles. The third kappa shape index (κ3) is 4.97. The van der Waals surface area contributed by atoms with Gasteiger partial charge in [0.2, 0.25) is 11.8 Å². The summed E-state index contributed by atoms with van der Waals surface area (Å²) in [6.07, 6.45) is 4.62. The summed E-state index contributed by atoms with van der Waals surface area (Å²) in [5, 5.41) is 12.7. The number of aryl methyl sites for hydroxylation is 1. The highest BCUT2D eigenvalue weighted by Crippen LogP contribution is 2.26. The van der Waals surface area contributed by atoms with E-state index in [0.717, 1.165) is 11.1 Å². The number of hydrogen-bond donors (Lipinski definition) is 2. The van der Waals surface area contributed by atoms with Crippen molar-refractivity contribution in [1.82, 2.24) is 4.90 Å². The Kier molecular flexibility index (Phi) is 5.91. The number of hydrogen-bond acceptors (Lipinski definition) is 3. The summed E-state index contributed by atoms with van der Waals surface area (Å²) in [5.74, 6) is -0.232. The molecule has 1 heterocycles. The van der Waals surface area contributed by atoms with E-state index in [1.54, 1.807) is 29.2 Å². The zero-order valence-electron chi connectivity index (χ0n) is 15.4. The largest absolute Gasteiger partial charge is 0.506 e. The second kappa shape index (κ2) is 8.54. The molecule has 0 atom stereocenters. The minimum Gasteiger partial charge on any atom is -0.506 e. The Morgan fingerprint density at radius 3 is 2.48 bits per heavy atom. The number of carbonyl (C=O) groups is 2. The van der Waals surface area contributed by atoms with E-state index >= 15 is 0 Å². The van der Waals surface area contributed by atoms with Gasteiger partial charge < -0.3 is 15.3 Å². The van der Waals surface area contributed by atoms with Crippen LogP contribution in [-0.2, 0) is 9.59 Å². The maximum atomic E-state index is 12.5. The van der Waals surface area contributed by atoms with Crippen LogP contribution < -0.4 is 5.32 Å². The van der Waals surface area contributed by atoms with Crippen LogP contribution in [0, 0.1) is 12.8 Å². The van der Waals surface area contributed by atoms with Crippen molar-refractivity contribution in [2.45, 2.75) is 19.8 Å². The van der Waals surface area contributed by atoms with Crippen LogP contribution in [0.3, 0.4) is 0 Å². The molecule has 0 unspecified atom stereocenters. The van der Waals surface area contributed by atoms with Gasteiger partial charge in [0.25, 0.3) is 0 Å². The van der Waals surface area contributed by atoms with Crippen molar-refractivity contribution in [3.05, 3.63) is 65.7 Å². The van der Waals surface area contributed by atoms with Crippen LogP contribution in [0.2, 0.25) is 0 Å². The van der Waals surface area contributed by atoms with Crippen LogP contribution in [-0.4, -0.2) is 34.9 Å². The van der Waals surface area contributed by atoms with Crippen molar-refractivity contribution >= 4 is 23.6 Å². The molecule has 5 nitrogen and oxygen atoms in total. The number of rotatable bonds is 4. The highest BCUT2D eigenvalue weighted by molar-refractivity contribution is 5.95. The molecule has 2 aromatic carbocycles. The zero-order valence-corrected chi connectivity index (χ0v) is 15.4. The first-order valence-electron chi connectivity index (χ1n) is 9.15. The molecule has 0 spiro atoms. The number of anilines is 1. The Bertz CT molecular complexity index is 838. The molecular formula is C22H24N2O3. The molecule has 5 heteroatoms. The van der Waals surface area contributed by atoms with E-state index < -0.39 is 0 Å². The third-order valence-corrected chi connectivity index (χ3v) is 4.81. The standard InChI is InChI=1S/C22H24N2O3/c1-16-7-9-19(20(25)15-16)23-22(27)18-11-13-24(14-12-18)21(26)10-8-17-5-3-2-4-6-17/h2-10,15,18,25H,11-14H2,1H3,(H,23,27)/b10-8+. The van der Waals surface area contributed by atoms with Crippen LogP contribution in [0.25, 0.3) is 6.08 Å². The summed E-state index contributed by atoms with van der Waals surface area (Å²) in [7, 11) is 0. The number of carbonyl (C=O) groups excluding carboxylic acids is 2. The fraction of sp³-hybridized carbons (Fsp3) is 0.273. The lowest BCUT2D eigenvalue weighted by Gasteiger charge is -2.30. The second-order valence-electron chi connectivity index (χ2n) is 6.85. The number of amides is 2. The average molecular weight is 364 g/mol. The maximum absolute atomic E-state index is 12.5. The van der Waals surface area contributed by atoms with E-state index in [2.05, 4.69) is 5.32 Å². The Hall–Kier alpha value is -3.08. The summed E-state index contributed by atoms with van der Waals surface area (Å²) in [6.45, 7) is 2.98. The van der Waals surface area contributed by atoms with E-state index in [-0.39, 0.29) is 23.5 Å². The fourth-order valence-corrected chi connectivity index (χ4v) is 3.18. The number of benzene rings is 2. The van der Waals surface area contributed by atoms with Crippen molar-refractivity contribution in [2.75, 3.05) is 18.4 Å². The summed E-state index contributed by atoms with van der Waals surface area (Å²) in [4.78, 5) is 26.5. The predicted molar refractivity (Wildman–Crippen MR) is 106 cm³/mol. The number of phenolic OH excluding ortho intramolecular Hbond substituents is 1. The van der Waals surface area contributed by atoms with E-state index in [9.17, 15) is 14.7 Å². The highest BCUT2D eigenvalue weighted by atomic mass is 16.3. The molecule has 1 fully saturated rings. The third-order valence-electron chi connectivity index (χ3n) is 4.81. The number of nitrogens with zero attached hydrogens (tertiary/aromatic N) is 1. The van der Waals surface area contributed by atoms with Gasteiger partial charge >= 0.3 is 0 Å². The number of nitrogens with one attached hydrogen (secondary N) is 1. The minimum absolute atomic E-state index is 0.0334. The molecule has 0 saturated carbocycles. The summed E-state index contributed by atoms with van der Waals surface area (Å²) < 4.78 is 0. The Morgan fingerprint density at radius 2 is 1.81 bits per heavy atom. The first-order chi connectivity index (χ1) is 13.0. The van der Waals surface area contributed by atoms with E-state index in [1.807, 2.05) is 43.3 Å². The van der Waals surface area contributed by atoms with Gasteiger partial charge in [-0.05, 0) is 49.1 Å². The highest BCUT2D eigenvalue weighted by Gasteiger charge is 2.27. The Balaban J connectivity index is 1.51. The quantitative estimate of drug-likeness (QED) is 0.643. The fourth-order valence-electron chi connectivity index (χ4n) is 3.18. The average Bonchev–Trinajstić information content (AvgIpc) is 2.69. The van der Waals surface area contributed by atoms with Gasteiger partial charge in [0.1, 0.15) is 5.75 Å². The monoisotopic (exact) mass is 364 g/mol. The lowest BCUT2D eigenvalue weighted by molar-refractivity contribution is -0.130. The van der Waals surface area contributed by atoms with Gasteiger partial charge in [-0.15, -0.1) is 0 Å². The molecule has 140 valence electrons. The van der Waals surface area contributed by atoms with Crippen LogP contribution in [0.4, 0.5) is 5.69 Å². The van der Waals surface area contributed by atoms with Gasteiger partial charge in [-0.25, -0.2) is 0 Å². The van der Waals surface area contributed by atoms with Gasteiger partial charge in [0, 0.05) is 25.1 Å². The smallest absolute Gasteiger partial charge is 0.246 e. The molecule has 0 radical (unpaired) electrons. The second-order valence-corrected chi connectivity index (χ2v) is 6.85. The topological polar surface area (TPSA) is 69.6 Å². The Labute approximate surface area is 159 Å². The van der Waals surface area contributed by atoms with Crippen molar-refractivity contribution in [3.8, 4) is 5.75 Å². The van der Waals surface area contributed by atoms with Crippen LogP contribution >= 0.6 is 0 Å². The molecule has 27 heavy (non-hydrogen) atoms. The van der Waals surface area contributed by atoms with Gasteiger partial charge in [-0.2, -0.15) is 0 Å². The summed E-state index contributed by atoms with van der Waals surface area (Å²) in [5.41, 5.74) is 2.34. The van der Waals surface area contributed by atoms with Gasteiger partial charge in [-0.3, -0.25) is 9.59 Å². The number of piperidine rings is 1. The van der Waals surface area contributed by atoms with Gasteiger partial charge in [0.15, 0.2) is 0 Å². The molecule has 3 rings (SSSR count). The van der Waals surface area contributed by atoms with Crippen molar-refractivity contribution in [2.24, 2.45) is 5.92 Å². The lowest BCUT2D eigenvalue weighted by atomic mass is 9.95. The summed E-state index contributed by atoms with van der Waals surface area (Å²) >= 11 is 0. The van der Waals surface area contributed by atoms with E-state index in [4.69, 9.17) is 0 Å². The Morgan fingerprint density at radius 1 is 1.11 bits per heavy atom. The van der Waals surface area contributed by atoms with E-state index in [0.29, 0.717) is 31.6 Å². The molecule has 1 aliphatic heterocycles. The van der Waals surface area contributed by atoms with Gasteiger partial charge in [0.05, 0.1) is 5.69 Å². The molecule has 2 aromatic rings. The molecule has 2 N–H and O–H groups in total. The molecular weight excluding hydrogens is 340 g/mol. The van der Waals surface area contributed by atoms with Crippen molar-refractivity contribution in [1.29, 1.82) is 0 Å². The minimum atomic E-state index is -0.159. The van der Waals surface area contributed by atoms with Crippen molar-refractivity contribution in [3.63, 3.8) is 0 Å². The van der Waals surface area contributed by atoms with Gasteiger partial charge in [-0.1, -0.05) is 36.4 Å². The summed E-state index contributed by atoms with van der Waals surface area (Å²) in [6, 6.07) is 14.9. The van der Waals surface area contributed by atoms with E-state index in [1.165, 1.54) is 0 Å². The zero-order chi connectivity index (χ0) is 19.2. The molecule has 1 aliphatic rings. The number of phenols is 1. The van der Waals surface area contributed by atoms with Crippen LogP contribution in [0.15, 0.2) is 54.6 Å². The predicted octanol–water partition coefficient (Wildman–Crippen LogP) is 3.59. The maximum Gasteiger partial charge on any atom is 0.246 e. The molecule has 2 amide bonds. The first-order valence-corrected chi connectivity index (χ1v) is 9.15. The van der Waals surface area contributed by atoms with Crippen molar-refractivity contribution < 1.29 is 14.7 Å². The normalized spacial score (nSPS) is 15.1. The molecule has 0 aliphatic carbocycles. The SMILES string of the molecule is Cc1ccc(NC(=O)C2CCN(C(=O)/C=C/c3ccccc3)CC2)c(O)c1. The molecule has 1 saturated heterocycles. The number of aromatic hydroxyl groups is 1. The molecule has 0 bridgehead atoms. The lowest BCUT2D eigenvalue weighted by Crippen LogP contribution is -2.40. The van der Waals surface area contributed by atoms with Crippen LogP contribution in [0.5, 0.6) is 5.75 Å². The number of likely N-dealkylation sites (tertiary alicyclic amines) is 1. The van der Waals surface area contributed by atoms with Crippen LogP contribution in [0.1, 0.15) is 24.0 Å².